The van der Waals surface area contributed by atoms with Gasteiger partial charge in [0.1, 0.15) is 0 Å². The second kappa shape index (κ2) is 5.27. The van der Waals surface area contributed by atoms with E-state index in [1.54, 1.807) is 0 Å². The summed E-state index contributed by atoms with van der Waals surface area (Å²) in [6.07, 6.45) is 11.8. The first-order chi connectivity index (χ1) is 8.16. The molecule has 0 aromatic heterocycles. The fraction of sp³-hybridized carbons (Fsp3) is 1.00. The van der Waals surface area contributed by atoms with E-state index in [1.807, 2.05) is 0 Å². The van der Waals surface area contributed by atoms with Crippen LogP contribution in [0.3, 0.4) is 0 Å². The number of aliphatic hydroxyl groups is 1. The van der Waals surface area contributed by atoms with Gasteiger partial charge in [-0.2, -0.15) is 0 Å². The molecule has 17 heavy (non-hydrogen) atoms. The Labute approximate surface area is 106 Å². The van der Waals surface area contributed by atoms with Gasteiger partial charge in [-0.3, -0.25) is 0 Å². The molecule has 0 aliphatic heterocycles. The van der Waals surface area contributed by atoms with Crippen LogP contribution in [0.2, 0.25) is 0 Å². The van der Waals surface area contributed by atoms with Gasteiger partial charge in [0.15, 0.2) is 0 Å². The van der Waals surface area contributed by atoms with Crippen LogP contribution in [0.1, 0.15) is 71.1 Å². The van der Waals surface area contributed by atoms with Crippen LogP contribution >= 0.6 is 0 Å². The molecule has 2 saturated carbocycles. The lowest BCUT2D eigenvalue weighted by molar-refractivity contribution is -0.0898. The predicted molar refractivity (Wildman–Crippen MR) is 71.8 cm³/mol. The molecule has 2 rings (SSSR count). The summed E-state index contributed by atoms with van der Waals surface area (Å²) in [5, 5.41) is 11.1. The number of hydrogen-bond donors (Lipinski definition) is 2. The van der Waals surface area contributed by atoms with Crippen LogP contribution in [0.15, 0.2) is 0 Å². The van der Waals surface area contributed by atoms with E-state index in [-0.39, 0.29) is 5.41 Å². The third-order valence-electron chi connectivity index (χ3n) is 5.68. The van der Waals surface area contributed by atoms with Crippen molar-refractivity contribution in [2.75, 3.05) is 6.54 Å². The highest BCUT2D eigenvalue weighted by atomic mass is 16.3. The van der Waals surface area contributed by atoms with Crippen molar-refractivity contribution in [3.63, 3.8) is 0 Å². The Bertz CT molecular complexity index is 247. The molecule has 2 aliphatic carbocycles. The molecule has 2 fully saturated rings. The Morgan fingerprint density at radius 1 is 1.06 bits per heavy atom. The van der Waals surface area contributed by atoms with E-state index in [0.717, 1.165) is 31.6 Å². The van der Waals surface area contributed by atoms with Crippen molar-refractivity contribution >= 4 is 0 Å². The van der Waals surface area contributed by atoms with Gasteiger partial charge in [-0.1, -0.05) is 39.0 Å². The van der Waals surface area contributed by atoms with Gasteiger partial charge in [0.25, 0.3) is 0 Å². The normalized spacial score (nSPS) is 37.9. The van der Waals surface area contributed by atoms with Crippen molar-refractivity contribution in [2.24, 2.45) is 17.1 Å². The molecular weight excluding hydrogens is 210 g/mol. The van der Waals surface area contributed by atoms with Gasteiger partial charge in [0.05, 0.1) is 5.60 Å². The molecular formula is C15H29NO. The maximum absolute atomic E-state index is 11.1. The standard InChI is InChI=1S/C15H29NO/c1-2-13-6-5-10-15(17,11-7-13)14(12-16)8-3-4-9-14/h13,17H,2-12,16H2,1H3. The monoisotopic (exact) mass is 239 g/mol. The first kappa shape index (κ1) is 13.4. The molecule has 0 aromatic carbocycles. The molecule has 100 valence electrons. The van der Waals surface area contributed by atoms with Crippen LogP contribution < -0.4 is 5.73 Å². The second-order valence-corrected chi connectivity index (χ2v) is 6.43. The quantitative estimate of drug-likeness (QED) is 0.743. The maximum atomic E-state index is 11.1. The van der Waals surface area contributed by atoms with Crippen LogP contribution in [-0.4, -0.2) is 17.3 Å². The molecule has 2 atom stereocenters. The van der Waals surface area contributed by atoms with E-state index < -0.39 is 5.60 Å². The maximum Gasteiger partial charge on any atom is 0.0715 e. The zero-order valence-corrected chi connectivity index (χ0v) is 11.4. The summed E-state index contributed by atoms with van der Waals surface area (Å²) in [6, 6.07) is 0. The third kappa shape index (κ3) is 2.39. The fourth-order valence-electron chi connectivity index (χ4n) is 4.25. The van der Waals surface area contributed by atoms with E-state index in [9.17, 15) is 5.11 Å². The van der Waals surface area contributed by atoms with Crippen molar-refractivity contribution in [3.05, 3.63) is 0 Å². The van der Waals surface area contributed by atoms with E-state index in [0.29, 0.717) is 6.54 Å². The van der Waals surface area contributed by atoms with Gasteiger partial charge in [0, 0.05) is 12.0 Å². The summed E-state index contributed by atoms with van der Waals surface area (Å²) in [4.78, 5) is 0. The van der Waals surface area contributed by atoms with E-state index in [1.165, 1.54) is 38.5 Å². The van der Waals surface area contributed by atoms with Crippen LogP contribution in [-0.2, 0) is 0 Å². The minimum atomic E-state index is -0.456. The molecule has 2 aliphatic rings. The Balaban J connectivity index is 2.11. The average molecular weight is 239 g/mol. The molecule has 0 heterocycles. The molecule has 2 heteroatoms. The van der Waals surface area contributed by atoms with Crippen molar-refractivity contribution < 1.29 is 5.11 Å². The zero-order valence-electron chi connectivity index (χ0n) is 11.4. The number of rotatable bonds is 3. The molecule has 0 aromatic rings. The Morgan fingerprint density at radius 3 is 2.35 bits per heavy atom. The van der Waals surface area contributed by atoms with Gasteiger partial charge in [-0.15, -0.1) is 0 Å². The van der Waals surface area contributed by atoms with Crippen LogP contribution in [0.25, 0.3) is 0 Å². The highest BCUT2D eigenvalue weighted by Crippen LogP contribution is 2.51. The summed E-state index contributed by atoms with van der Waals surface area (Å²) < 4.78 is 0. The lowest BCUT2D eigenvalue weighted by Gasteiger charge is -2.44. The summed E-state index contributed by atoms with van der Waals surface area (Å²) in [6.45, 7) is 2.96. The summed E-state index contributed by atoms with van der Waals surface area (Å²) in [5.74, 6) is 0.834. The van der Waals surface area contributed by atoms with Gasteiger partial charge < -0.3 is 10.8 Å². The number of nitrogens with two attached hydrogens (primary N) is 1. The molecule has 0 bridgehead atoms. The fourth-order valence-corrected chi connectivity index (χ4v) is 4.25. The molecule has 3 N–H and O–H groups in total. The van der Waals surface area contributed by atoms with Gasteiger partial charge >= 0.3 is 0 Å². The van der Waals surface area contributed by atoms with Crippen molar-refractivity contribution in [2.45, 2.75) is 76.7 Å². The van der Waals surface area contributed by atoms with Gasteiger partial charge in [-0.05, 0) is 38.0 Å². The summed E-state index contributed by atoms with van der Waals surface area (Å²) >= 11 is 0. The lowest BCUT2D eigenvalue weighted by Crippen LogP contribution is -2.50. The minimum absolute atomic E-state index is 0.0512. The third-order valence-corrected chi connectivity index (χ3v) is 5.68. The van der Waals surface area contributed by atoms with Gasteiger partial charge in [-0.25, -0.2) is 0 Å². The van der Waals surface area contributed by atoms with Crippen LogP contribution in [0, 0.1) is 11.3 Å². The minimum Gasteiger partial charge on any atom is -0.389 e. The first-order valence-electron chi connectivity index (χ1n) is 7.58. The molecule has 2 unspecified atom stereocenters. The molecule has 0 spiro atoms. The topological polar surface area (TPSA) is 46.2 Å². The van der Waals surface area contributed by atoms with E-state index in [2.05, 4.69) is 6.92 Å². The SMILES string of the molecule is CCC1CCCC(O)(C2(CN)CCCC2)CC1. The van der Waals surface area contributed by atoms with Crippen molar-refractivity contribution in [1.82, 2.24) is 0 Å². The smallest absolute Gasteiger partial charge is 0.0715 e. The highest BCUT2D eigenvalue weighted by molar-refractivity contribution is 5.03. The molecule has 2 nitrogen and oxygen atoms in total. The summed E-state index contributed by atoms with van der Waals surface area (Å²) in [5.41, 5.74) is 5.64. The van der Waals surface area contributed by atoms with Crippen molar-refractivity contribution in [1.29, 1.82) is 0 Å². The average Bonchev–Trinajstić information content (AvgIpc) is 2.76. The van der Waals surface area contributed by atoms with Gasteiger partial charge in [0.2, 0.25) is 0 Å². The Morgan fingerprint density at radius 2 is 1.76 bits per heavy atom. The van der Waals surface area contributed by atoms with E-state index in [4.69, 9.17) is 5.73 Å². The molecule has 0 amide bonds. The predicted octanol–water partition coefficient (Wildman–Crippen LogP) is 3.23. The highest BCUT2D eigenvalue weighted by Gasteiger charge is 2.50. The molecule has 0 saturated heterocycles. The van der Waals surface area contributed by atoms with E-state index >= 15 is 0 Å². The lowest BCUT2D eigenvalue weighted by atomic mass is 9.66. The second-order valence-electron chi connectivity index (χ2n) is 6.43. The van der Waals surface area contributed by atoms with Crippen LogP contribution in [0.5, 0.6) is 0 Å². The summed E-state index contributed by atoms with van der Waals surface area (Å²) in [7, 11) is 0. The first-order valence-corrected chi connectivity index (χ1v) is 7.58. The largest absolute Gasteiger partial charge is 0.389 e. The zero-order chi connectivity index (χ0) is 12.4. The van der Waals surface area contributed by atoms with Crippen molar-refractivity contribution in [3.8, 4) is 0 Å². The Hall–Kier alpha value is -0.0800. The van der Waals surface area contributed by atoms with Crippen LogP contribution in [0.4, 0.5) is 0 Å². The Kier molecular flexibility index (Phi) is 4.14. The molecule has 0 radical (unpaired) electrons. The number of hydrogen-bond acceptors (Lipinski definition) is 2.